The number of fused-ring (bicyclic) bond motifs is 1. The summed E-state index contributed by atoms with van der Waals surface area (Å²) in [5.74, 6) is -0.221. The number of anilines is 1. The molecule has 3 rings (SSSR count). The summed E-state index contributed by atoms with van der Waals surface area (Å²) in [5.41, 5.74) is 2.67. The molecule has 116 valence electrons. The number of rotatable bonds is 2. The Kier molecular flexibility index (Phi) is 4.33. The van der Waals surface area contributed by atoms with Crippen LogP contribution in [-0.2, 0) is 11.2 Å². The van der Waals surface area contributed by atoms with E-state index in [2.05, 4.69) is 0 Å². The first-order chi connectivity index (χ1) is 11.1. The first-order valence-corrected chi connectivity index (χ1v) is 7.64. The number of methoxy groups -OCH3 is 1. The van der Waals surface area contributed by atoms with Crippen molar-refractivity contribution in [3.63, 3.8) is 0 Å². The number of nitriles is 1. The van der Waals surface area contributed by atoms with Crippen LogP contribution in [0.25, 0.3) is 0 Å². The zero-order valence-corrected chi connectivity index (χ0v) is 13.4. The van der Waals surface area contributed by atoms with Crippen LogP contribution < -0.4 is 4.90 Å². The van der Waals surface area contributed by atoms with E-state index in [9.17, 15) is 4.79 Å². The van der Waals surface area contributed by atoms with Gasteiger partial charge in [0.15, 0.2) is 0 Å². The standard InChI is InChI=1S/C18H15ClN2O2/c1-23-14-9-13-4-2-3-5-17(13)21(11-14)18(22)15-8-12(10-20)6-7-16(15)19/h2-8,14H,9,11H2,1H3. The minimum absolute atomic E-state index is 0.0632. The van der Waals surface area contributed by atoms with Gasteiger partial charge in [-0.25, -0.2) is 0 Å². The molecule has 4 nitrogen and oxygen atoms in total. The third-order valence-electron chi connectivity index (χ3n) is 4.02. The smallest absolute Gasteiger partial charge is 0.259 e. The molecule has 0 radical (unpaired) electrons. The number of para-hydroxylation sites is 1. The highest BCUT2D eigenvalue weighted by Crippen LogP contribution is 2.30. The second-order valence-electron chi connectivity index (χ2n) is 5.41. The molecule has 1 amide bonds. The Morgan fingerprint density at radius 2 is 2.13 bits per heavy atom. The maximum absolute atomic E-state index is 13.0. The molecule has 0 N–H and O–H groups in total. The predicted molar refractivity (Wildman–Crippen MR) is 88.8 cm³/mol. The summed E-state index contributed by atoms with van der Waals surface area (Å²) in [6, 6.07) is 14.5. The van der Waals surface area contributed by atoms with E-state index < -0.39 is 0 Å². The first kappa shape index (κ1) is 15.5. The zero-order valence-electron chi connectivity index (χ0n) is 12.6. The maximum atomic E-state index is 13.0. The molecular weight excluding hydrogens is 312 g/mol. The first-order valence-electron chi connectivity index (χ1n) is 7.26. The minimum Gasteiger partial charge on any atom is -0.379 e. The van der Waals surface area contributed by atoms with Crippen LogP contribution in [-0.4, -0.2) is 25.7 Å². The summed E-state index contributed by atoms with van der Waals surface area (Å²) < 4.78 is 5.46. The van der Waals surface area contributed by atoms with Gasteiger partial charge in [-0.15, -0.1) is 0 Å². The lowest BCUT2D eigenvalue weighted by Gasteiger charge is -2.34. The van der Waals surface area contributed by atoms with Gasteiger partial charge in [0.2, 0.25) is 0 Å². The van der Waals surface area contributed by atoms with Crippen molar-refractivity contribution in [2.45, 2.75) is 12.5 Å². The van der Waals surface area contributed by atoms with Crippen LogP contribution in [0.4, 0.5) is 5.69 Å². The maximum Gasteiger partial charge on any atom is 0.259 e. The number of halogens is 1. The highest BCUT2D eigenvalue weighted by Gasteiger charge is 2.29. The molecule has 0 aromatic heterocycles. The van der Waals surface area contributed by atoms with E-state index in [-0.39, 0.29) is 12.0 Å². The van der Waals surface area contributed by atoms with Crippen LogP contribution in [0.1, 0.15) is 21.5 Å². The fourth-order valence-corrected chi connectivity index (χ4v) is 3.01. The number of carbonyl (C=O) groups is 1. The van der Waals surface area contributed by atoms with E-state index in [1.807, 2.05) is 30.3 Å². The monoisotopic (exact) mass is 326 g/mol. The summed E-state index contributed by atoms with van der Waals surface area (Å²) in [6.45, 7) is 0.458. The Labute approximate surface area is 139 Å². The average molecular weight is 327 g/mol. The molecule has 5 heteroatoms. The Morgan fingerprint density at radius 3 is 2.87 bits per heavy atom. The third-order valence-corrected chi connectivity index (χ3v) is 4.35. The molecule has 1 unspecified atom stereocenters. The number of benzene rings is 2. The SMILES string of the molecule is COC1Cc2ccccc2N(C(=O)c2cc(C#N)ccc2Cl)C1. The Bertz CT molecular complexity index is 798. The molecule has 1 aliphatic rings. The van der Waals surface area contributed by atoms with Gasteiger partial charge in [-0.3, -0.25) is 4.79 Å². The van der Waals surface area contributed by atoms with Crippen molar-refractivity contribution < 1.29 is 9.53 Å². The number of hydrogen-bond donors (Lipinski definition) is 0. The van der Waals surface area contributed by atoms with Crippen molar-refractivity contribution in [1.82, 2.24) is 0 Å². The van der Waals surface area contributed by atoms with Gasteiger partial charge in [-0.05, 0) is 29.8 Å². The van der Waals surface area contributed by atoms with Gasteiger partial charge in [0.05, 0.1) is 34.9 Å². The fourth-order valence-electron chi connectivity index (χ4n) is 2.81. The van der Waals surface area contributed by atoms with Crippen molar-refractivity contribution in [2.24, 2.45) is 0 Å². The average Bonchev–Trinajstić information content (AvgIpc) is 2.60. The Hall–Kier alpha value is -2.35. The van der Waals surface area contributed by atoms with E-state index in [1.165, 1.54) is 6.07 Å². The van der Waals surface area contributed by atoms with E-state index in [0.717, 1.165) is 17.7 Å². The van der Waals surface area contributed by atoms with Gasteiger partial charge in [0.1, 0.15) is 0 Å². The molecule has 0 bridgehead atoms. The lowest BCUT2D eigenvalue weighted by atomic mass is 9.98. The molecule has 0 saturated heterocycles. The number of ether oxygens (including phenoxy) is 1. The van der Waals surface area contributed by atoms with Crippen LogP contribution in [0, 0.1) is 11.3 Å². The van der Waals surface area contributed by atoms with Gasteiger partial charge in [-0.1, -0.05) is 29.8 Å². The lowest BCUT2D eigenvalue weighted by Crippen LogP contribution is -2.43. The summed E-state index contributed by atoms with van der Waals surface area (Å²) in [6.07, 6.45) is 0.703. The highest BCUT2D eigenvalue weighted by atomic mass is 35.5. The Morgan fingerprint density at radius 1 is 1.35 bits per heavy atom. The topological polar surface area (TPSA) is 53.3 Å². The molecule has 1 atom stereocenters. The van der Waals surface area contributed by atoms with E-state index in [0.29, 0.717) is 22.7 Å². The summed E-state index contributed by atoms with van der Waals surface area (Å²) in [5, 5.41) is 9.38. The molecule has 1 aliphatic heterocycles. The molecule has 0 fully saturated rings. The van der Waals surface area contributed by atoms with Gasteiger partial charge in [0, 0.05) is 19.2 Å². The molecular formula is C18H15ClN2O2. The lowest BCUT2D eigenvalue weighted by molar-refractivity contribution is 0.0870. The van der Waals surface area contributed by atoms with Crippen LogP contribution in [0.15, 0.2) is 42.5 Å². The van der Waals surface area contributed by atoms with Crippen LogP contribution >= 0.6 is 11.6 Å². The van der Waals surface area contributed by atoms with Crippen molar-refractivity contribution in [1.29, 1.82) is 5.26 Å². The predicted octanol–water partition coefficient (Wildman–Crippen LogP) is 3.43. The van der Waals surface area contributed by atoms with Crippen molar-refractivity contribution >= 4 is 23.2 Å². The fraction of sp³-hybridized carbons (Fsp3) is 0.222. The van der Waals surface area contributed by atoms with E-state index in [1.54, 1.807) is 24.1 Å². The normalized spacial score (nSPS) is 16.6. The van der Waals surface area contributed by atoms with Gasteiger partial charge >= 0.3 is 0 Å². The van der Waals surface area contributed by atoms with Crippen molar-refractivity contribution in [2.75, 3.05) is 18.6 Å². The molecule has 0 aliphatic carbocycles. The number of hydrogen-bond acceptors (Lipinski definition) is 3. The summed E-state index contributed by atoms with van der Waals surface area (Å²) >= 11 is 6.18. The van der Waals surface area contributed by atoms with Crippen LogP contribution in [0.5, 0.6) is 0 Å². The molecule has 0 spiro atoms. The van der Waals surface area contributed by atoms with Gasteiger partial charge < -0.3 is 9.64 Å². The molecule has 2 aromatic rings. The van der Waals surface area contributed by atoms with Gasteiger partial charge in [0.25, 0.3) is 5.91 Å². The van der Waals surface area contributed by atoms with E-state index in [4.69, 9.17) is 21.6 Å². The van der Waals surface area contributed by atoms with Gasteiger partial charge in [-0.2, -0.15) is 5.26 Å². The summed E-state index contributed by atoms with van der Waals surface area (Å²) in [4.78, 5) is 14.7. The second-order valence-corrected chi connectivity index (χ2v) is 5.82. The quantitative estimate of drug-likeness (QED) is 0.849. The Balaban J connectivity index is 2.04. The number of nitrogens with zero attached hydrogens (tertiary/aromatic N) is 2. The molecule has 0 saturated carbocycles. The number of carbonyl (C=O) groups excluding carboxylic acids is 1. The third kappa shape index (κ3) is 2.94. The van der Waals surface area contributed by atoms with Crippen LogP contribution in [0.2, 0.25) is 5.02 Å². The highest BCUT2D eigenvalue weighted by molar-refractivity contribution is 6.34. The molecule has 23 heavy (non-hydrogen) atoms. The van der Waals surface area contributed by atoms with Crippen molar-refractivity contribution in [3.05, 3.63) is 64.2 Å². The molecule has 2 aromatic carbocycles. The van der Waals surface area contributed by atoms with Crippen LogP contribution in [0.3, 0.4) is 0 Å². The number of amides is 1. The second kappa shape index (κ2) is 6.41. The van der Waals surface area contributed by atoms with Crippen molar-refractivity contribution in [3.8, 4) is 6.07 Å². The minimum atomic E-state index is -0.221. The zero-order chi connectivity index (χ0) is 16.4. The van der Waals surface area contributed by atoms with E-state index >= 15 is 0 Å². The summed E-state index contributed by atoms with van der Waals surface area (Å²) in [7, 11) is 1.64. The largest absolute Gasteiger partial charge is 0.379 e. The molecule has 1 heterocycles.